The quantitative estimate of drug-likeness (QED) is 0.659. The standard InChI is InChI=1S/C18H20BrClN4O3/c1-25-15-8-16(26-2)13(20)7-12(15)14-10-23-11-24(19)18(9-17(23)21-14)22-3-5-27-6-4-22/h7-10H,3-6,11H2,1-2H3. The lowest BCUT2D eigenvalue weighted by atomic mass is 10.1. The summed E-state index contributed by atoms with van der Waals surface area (Å²) in [5, 5.41) is 0.519. The van der Waals surface area contributed by atoms with Gasteiger partial charge in [-0.15, -0.1) is 0 Å². The molecule has 144 valence electrons. The molecule has 0 radical (unpaired) electrons. The van der Waals surface area contributed by atoms with Crippen molar-refractivity contribution in [2.75, 3.05) is 40.5 Å². The summed E-state index contributed by atoms with van der Waals surface area (Å²) in [6.45, 7) is 3.85. The van der Waals surface area contributed by atoms with Crippen molar-refractivity contribution >= 4 is 33.8 Å². The number of halogens is 2. The molecule has 0 aliphatic carbocycles. The minimum Gasteiger partial charge on any atom is -0.496 e. The molecular formula is C18H20BrClN4O3. The Balaban J connectivity index is 1.71. The molecular weight excluding hydrogens is 436 g/mol. The lowest BCUT2D eigenvalue weighted by Crippen LogP contribution is -2.40. The summed E-state index contributed by atoms with van der Waals surface area (Å²) in [5.41, 5.74) is 1.62. The van der Waals surface area contributed by atoms with Crippen molar-refractivity contribution in [3.05, 3.63) is 35.0 Å². The van der Waals surface area contributed by atoms with Gasteiger partial charge in [-0.05, 0) is 6.07 Å². The van der Waals surface area contributed by atoms with Crippen molar-refractivity contribution in [2.24, 2.45) is 0 Å². The second-order valence-corrected chi connectivity index (χ2v) is 7.51. The number of aromatic nitrogens is 2. The second-order valence-electron chi connectivity index (χ2n) is 6.25. The van der Waals surface area contributed by atoms with Gasteiger partial charge in [0.15, 0.2) is 0 Å². The maximum atomic E-state index is 6.32. The number of hydrogen-bond donors (Lipinski definition) is 0. The average Bonchev–Trinajstić information content (AvgIpc) is 3.10. The van der Waals surface area contributed by atoms with Crippen molar-refractivity contribution in [3.8, 4) is 22.8 Å². The number of nitrogens with zero attached hydrogens (tertiary/aromatic N) is 4. The average molecular weight is 456 g/mol. The van der Waals surface area contributed by atoms with E-state index in [0.717, 1.165) is 49.2 Å². The highest BCUT2D eigenvalue weighted by Gasteiger charge is 2.25. The lowest BCUT2D eigenvalue weighted by Gasteiger charge is -2.36. The zero-order valence-corrected chi connectivity index (χ0v) is 17.5. The first-order chi connectivity index (χ1) is 13.1. The summed E-state index contributed by atoms with van der Waals surface area (Å²) >= 11 is 9.98. The van der Waals surface area contributed by atoms with Crippen LogP contribution in [-0.4, -0.2) is 58.9 Å². The molecule has 27 heavy (non-hydrogen) atoms. The van der Waals surface area contributed by atoms with E-state index >= 15 is 0 Å². The highest BCUT2D eigenvalue weighted by atomic mass is 79.9. The van der Waals surface area contributed by atoms with E-state index in [2.05, 4.69) is 31.7 Å². The van der Waals surface area contributed by atoms with Crippen LogP contribution in [0.2, 0.25) is 5.02 Å². The van der Waals surface area contributed by atoms with Gasteiger partial charge in [-0.2, -0.15) is 0 Å². The van der Waals surface area contributed by atoms with E-state index in [-0.39, 0.29) is 0 Å². The summed E-state index contributed by atoms with van der Waals surface area (Å²) in [5.74, 6) is 3.21. The minimum absolute atomic E-state index is 0.519. The monoisotopic (exact) mass is 454 g/mol. The SMILES string of the molecule is COc1cc(OC)c(-c2cn3c(n2)C=C(N2CCOCC2)N(Br)C3)cc1Cl. The second kappa shape index (κ2) is 7.61. The van der Waals surface area contributed by atoms with E-state index in [1.54, 1.807) is 20.3 Å². The third-order valence-corrected chi connectivity index (χ3v) is 5.56. The van der Waals surface area contributed by atoms with E-state index in [1.807, 2.05) is 16.2 Å². The predicted octanol–water partition coefficient (Wildman–Crippen LogP) is 3.43. The normalized spacial score (nSPS) is 16.8. The van der Waals surface area contributed by atoms with E-state index in [0.29, 0.717) is 23.2 Å². The molecule has 0 spiro atoms. The van der Waals surface area contributed by atoms with Gasteiger partial charge in [0.1, 0.15) is 29.8 Å². The zero-order valence-electron chi connectivity index (χ0n) is 15.1. The molecule has 2 aliphatic heterocycles. The molecule has 1 aromatic carbocycles. The van der Waals surface area contributed by atoms with Crippen molar-refractivity contribution in [1.29, 1.82) is 0 Å². The zero-order chi connectivity index (χ0) is 19.0. The topological polar surface area (TPSA) is 52.0 Å². The Labute approximate surface area is 171 Å². The van der Waals surface area contributed by atoms with Crippen LogP contribution in [0.25, 0.3) is 17.3 Å². The van der Waals surface area contributed by atoms with Crippen molar-refractivity contribution < 1.29 is 14.2 Å². The number of fused-ring (bicyclic) bond motifs is 1. The van der Waals surface area contributed by atoms with E-state index < -0.39 is 0 Å². The molecule has 2 aliphatic rings. The summed E-state index contributed by atoms with van der Waals surface area (Å²) in [6, 6.07) is 3.61. The third-order valence-electron chi connectivity index (χ3n) is 4.68. The van der Waals surface area contributed by atoms with Crippen LogP contribution in [0.15, 0.2) is 24.2 Å². The Morgan fingerprint density at radius 3 is 2.59 bits per heavy atom. The largest absolute Gasteiger partial charge is 0.496 e. The molecule has 0 unspecified atom stereocenters. The molecule has 4 rings (SSSR count). The molecule has 1 aromatic heterocycles. The molecule has 1 fully saturated rings. The highest BCUT2D eigenvalue weighted by molar-refractivity contribution is 9.07. The van der Waals surface area contributed by atoms with E-state index in [4.69, 9.17) is 30.8 Å². The van der Waals surface area contributed by atoms with Crippen LogP contribution in [0.5, 0.6) is 11.5 Å². The fourth-order valence-electron chi connectivity index (χ4n) is 3.28. The van der Waals surface area contributed by atoms with Crippen LogP contribution in [0.3, 0.4) is 0 Å². The summed E-state index contributed by atoms with van der Waals surface area (Å²) in [4.78, 5) is 7.10. The Bertz CT molecular complexity index is 880. The fourth-order valence-corrected chi connectivity index (χ4v) is 4.09. The Kier molecular flexibility index (Phi) is 5.21. The van der Waals surface area contributed by atoms with Crippen molar-refractivity contribution in [3.63, 3.8) is 0 Å². The molecule has 2 aromatic rings. The summed E-state index contributed by atoms with van der Waals surface area (Å²) in [6.07, 6.45) is 4.07. The Morgan fingerprint density at radius 1 is 1.15 bits per heavy atom. The fraction of sp³-hybridized carbons (Fsp3) is 0.389. The molecule has 0 saturated carbocycles. The first-order valence-electron chi connectivity index (χ1n) is 8.57. The van der Waals surface area contributed by atoms with Gasteiger partial charge < -0.3 is 23.7 Å². The first kappa shape index (κ1) is 18.5. The number of methoxy groups -OCH3 is 2. The van der Waals surface area contributed by atoms with Crippen LogP contribution >= 0.6 is 27.7 Å². The highest BCUT2D eigenvalue weighted by Crippen LogP contribution is 2.39. The number of benzene rings is 1. The maximum Gasteiger partial charge on any atom is 0.141 e. The molecule has 7 nitrogen and oxygen atoms in total. The lowest BCUT2D eigenvalue weighted by molar-refractivity contribution is 0.0444. The van der Waals surface area contributed by atoms with Gasteiger partial charge in [-0.3, -0.25) is 3.93 Å². The number of ether oxygens (including phenoxy) is 3. The van der Waals surface area contributed by atoms with E-state index in [1.165, 1.54) is 0 Å². The molecule has 0 bridgehead atoms. The van der Waals surface area contributed by atoms with Crippen LogP contribution in [-0.2, 0) is 11.4 Å². The Hall–Kier alpha value is -1.90. The molecule has 0 amide bonds. The third kappa shape index (κ3) is 3.49. The number of morpholine rings is 1. The molecule has 0 atom stereocenters. The van der Waals surface area contributed by atoms with Crippen LogP contribution in [0.4, 0.5) is 0 Å². The predicted molar refractivity (Wildman–Crippen MR) is 107 cm³/mol. The van der Waals surface area contributed by atoms with Gasteiger partial charge >= 0.3 is 0 Å². The number of hydrogen-bond acceptors (Lipinski definition) is 6. The van der Waals surface area contributed by atoms with Crippen LogP contribution in [0, 0.1) is 0 Å². The van der Waals surface area contributed by atoms with Crippen LogP contribution < -0.4 is 9.47 Å². The van der Waals surface area contributed by atoms with Gasteiger partial charge in [0, 0.05) is 37.0 Å². The number of imidazole rings is 1. The maximum absolute atomic E-state index is 6.32. The minimum atomic E-state index is 0.519. The Morgan fingerprint density at radius 2 is 1.89 bits per heavy atom. The molecule has 1 saturated heterocycles. The molecule has 3 heterocycles. The number of rotatable bonds is 4. The van der Waals surface area contributed by atoms with Gasteiger partial charge in [-0.25, -0.2) is 4.98 Å². The van der Waals surface area contributed by atoms with Gasteiger partial charge in [-0.1, -0.05) is 11.6 Å². The smallest absolute Gasteiger partial charge is 0.141 e. The van der Waals surface area contributed by atoms with Gasteiger partial charge in [0.25, 0.3) is 0 Å². The van der Waals surface area contributed by atoms with Crippen LogP contribution in [0.1, 0.15) is 5.82 Å². The van der Waals surface area contributed by atoms with Gasteiger partial charge in [0.2, 0.25) is 0 Å². The summed E-state index contributed by atoms with van der Waals surface area (Å²) in [7, 11) is 3.21. The van der Waals surface area contributed by atoms with Crippen molar-refractivity contribution in [1.82, 2.24) is 18.4 Å². The molecule has 9 heteroatoms. The van der Waals surface area contributed by atoms with Crippen molar-refractivity contribution in [2.45, 2.75) is 6.67 Å². The molecule has 0 N–H and O–H groups in total. The van der Waals surface area contributed by atoms with Gasteiger partial charge in [0.05, 0.1) is 54.3 Å². The first-order valence-corrected chi connectivity index (χ1v) is 9.66. The van der Waals surface area contributed by atoms with E-state index in [9.17, 15) is 0 Å². The summed E-state index contributed by atoms with van der Waals surface area (Å²) < 4.78 is 20.4.